The monoisotopic (exact) mass is 221 g/mol. The summed E-state index contributed by atoms with van der Waals surface area (Å²) >= 11 is 0. The van der Waals surface area contributed by atoms with Crippen LogP contribution in [-0.4, -0.2) is 19.1 Å². The van der Waals surface area contributed by atoms with Crippen molar-refractivity contribution >= 4 is 5.91 Å². The molecular formula is C13H19NO2. The van der Waals surface area contributed by atoms with Gasteiger partial charge in [0, 0.05) is 13.7 Å². The first kappa shape index (κ1) is 12.7. The lowest BCUT2D eigenvalue weighted by Gasteiger charge is -2.12. The number of ether oxygens (including phenoxy) is 1. The van der Waals surface area contributed by atoms with Gasteiger partial charge in [0.05, 0.1) is 0 Å². The van der Waals surface area contributed by atoms with Gasteiger partial charge in [-0.15, -0.1) is 0 Å². The average molecular weight is 221 g/mol. The topological polar surface area (TPSA) is 38.3 Å². The lowest BCUT2D eigenvalue weighted by molar-refractivity contribution is -0.130. The first-order valence-electron chi connectivity index (χ1n) is 5.56. The molecule has 0 bridgehead atoms. The molecule has 0 spiro atoms. The van der Waals surface area contributed by atoms with E-state index in [0.717, 1.165) is 6.42 Å². The van der Waals surface area contributed by atoms with Crippen molar-refractivity contribution in [3.8, 4) is 0 Å². The molecule has 3 nitrogen and oxygen atoms in total. The molecule has 1 aromatic carbocycles. The summed E-state index contributed by atoms with van der Waals surface area (Å²) in [5, 5.41) is 2.86. The summed E-state index contributed by atoms with van der Waals surface area (Å²) < 4.78 is 4.94. The van der Waals surface area contributed by atoms with Gasteiger partial charge in [-0.2, -0.15) is 0 Å². The number of methoxy groups -OCH3 is 1. The van der Waals surface area contributed by atoms with Crippen molar-refractivity contribution in [3.63, 3.8) is 0 Å². The van der Waals surface area contributed by atoms with E-state index in [9.17, 15) is 4.79 Å². The van der Waals surface area contributed by atoms with Crippen molar-refractivity contribution in [1.82, 2.24) is 5.32 Å². The van der Waals surface area contributed by atoms with Crippen molar-refractivity contribution in [3.05, 3.63) is 35.4 Å². The highest BCUT2D eigenvalue weighted by molar-refractivity contribution is 5.80. The van der Waals surface area contributed by atoms with Crippen LogP contribution in [0.1, 0.15) is 25.0 Å². The van der Waals surface area contributed by atoms with Crippen LogP contribution in [0.4, 0.5) is 0 Å². The number of nitrogens with one attached hydrogen (secondary N) is 1. The van der Waals surface area contributed by atoms with Crippen LogP contribution in [0.3, 0.4) is 0 Å². The minimum atomic E-state index is -0.395. The quantitative estimate of drug-likeness (QED) is 0.824. The number of amides is 1. The molecule has 0 aliphatic rings. The third kappa shape index (κ3) is 3.35. The van der Waals surface area contributed by atoms with E-state index in [-0.39, 0.29) is 5.91 Å². The van der Waals surface area contributed by atoms with Gasteiger partial charge in [0.25, 0.3) is 0 Å². The van der Waals surface area contributed by atoms with Gasteiger partial charge >= 0.3 is 0 Å². The summed E-state index contributed by atoms with van der Waals surface area (Å²) in [5.41, 5.74) is 2.44. The van der Waals surface area contributed by atoms with Gasteiger partial charge in [0.15, 0.2) is 0 Å². The van der Waals surface area contributed by atoms with Gasteiger partial charge in [-0.3, -0.25) is 4.79 Å². The summed E-state index contributed by atoms with van der Waals surface area (Å²) in [7, 11) is 1.53. The third-order valence-corrected chi connectivity index (χ3v) is 2.68. The molecule has 1 atom stereocenters. The van der Waals surface area contributed by atoms with Crippen LogP contribution in [0, 0.1) is 0 Å². The van der Waals surface area contributed by atoms with Crippen LogP contribution in [0.25, 0.3) is 0 Å². The Morgan fingerprint density at radius 1 is 1.38 bits per heavy atom. The zero-order valence-corrected chi connectivity index (χ0v) is 10.1. The van der Waals surface area contributed by atoms with Crippen LogP contribution in [0.5, 0.6) is 0 Å². The number of carbonyl (C=O) groups excluding carboxylic acids is 1. The van der Waals surface area contributed by atoms with Crippen LogP contribution in [0.2, 0.25) is 0 Å². The Bertz CT molecular complexity index is 350. The number of rotatable bonds is 5. The van der Waals surface area contributed by atoms with E-state index < -0.39 is 6.10 Å². The standard InChI is InChI=1S/C13H19NO2/c1-4-11-7-5-6-8-12(11)9-14-13(15)10(2)16-3/h5-8,10H,4,9H2,1-3H3,(H,14,15). The molecule has 0 fully saturated rings. The molecule has 1 aromatic rings. The molecule has 3 heteroatoms. The van der Waals surface area contributed by atoms with Crippen LogP contribution >= 0.6 is 0 Å². The van der Waals surface area contributed by atoms with Gasteiger partial charge in [-0.1, -0.05) is 31.2 Å². The fourth-order valence-corrected chi connectivity index (χ4v) is 1.51. The van der Waals surface area contributed by atoms with Crippen molar-refractivity contribution in [2.45, 2.75) is 32.9 Å². The largest absolute Gasteiger partial charge is 0.372 e. The van der Waals surface area contributed by atoms with Crippen molar-refractivity contribution in [2.24, 2.45) is 0 Å². The van der Waals surface area contributed by atoms with Crippen molar-refractivity contribution < 1.29 is 9.53 Å². The fraction of sp³-hybridized carbons (Fsp3) is 0.462. The highest BCUT2D eigenvalue weighted by Crippen LogP contribution is 2.08. The first-order valence-corrected chi connectivity index (χ1v) is 5.56. The second-order valence-electron chi connectivity index (χ2n) is 3.72. The summed E-state index contributed by atoms with van der Waals surface area (Å²) in [5.74, 6) is -0.0755. The van der Waals surface area contributed by atoms with E-state index in [0.29, 0.717) is 6.54 Å². The number of hydrogen-bond acceptors (Lipinski definition) is 2. The minimum absolute atomic E-state index is 0.0755. The molecule has 0 saturated carbocycles. The van der Waals surface area contributed by atoms with Gasteiger partial charge in [-0.05, 0) is 24.5 Å². The van der Waals surface area contributed by atoms with E-state index in [1.165, 1.54) is 18.2 Å². The van der Waals surface area contributed by atoms with Gasteiger partial charge in [0.2, 0.25) is 5.91 Å². The lowest BCUT2D eigenvalue weighted by Crippen LogP contribution is -2.33. The molecule has 1 unspecified atom stereocenters. The normalized spacial score (nSPS) is 12.2. The average Bonchev–Trinajstić information content (AvgIpc) is 2.35. The predicted molar refractivity (Wildman–Crippen MR) is 64.1 cm³/mol. The highest BCUT2D eigenvalue weighted by atomic mass is 16.5. The van der Waals surface area contributed by atoms with E-state index in [1.54, 1.807) is 6.92 Å². The Hall–Kier alpha value is -1.35. The molecule has 16 heavy (non-hydrogen) atoms. The number of aryl methyl sites for hydroxylation is 1. The fourth-order valence-electron chi connectivity index (χ4n) is 1.51. The predicted octanol–water partition coefficient (Wildman–Crippen LogP) is 1.90. The van der Waals surface area contributed by atoms with E-state index in [1.807, 2.05) is 18.2 Å². The van der Waals surface area contributed by atoms with E-state index in [4.69, 9.17) is 4.74 Å². The SMILES string of the molecule is CCc1ccccc1CNC(=O)C(C)OC. The van der Waals surface area contributed by atoms with Gasteiger partial charge < -0.3 is 10.1 Å². The Morgan fingerprint density at radius 2 is 2.00 bits per heavy atom. The van der Waals surface area contributed by atoms with Gasteiger partial charge in [-0.25, -0.2) is 0 Å². The minimum Gasteiger partial charge on any atom is -0.372 e. The maximum Gasteiger partial charge on any atom is 0.249 e. The molecule has 0 saturated heterocycles. The molecule has 0 radical (unpaired) electrons. The molecular weight excluding hydrogens is 202 g/mol. The van der Waals surface area contributed by atoms with Gasteiger partial charge in [0.1, 0.15) is 6.10 Å². The summed E-state index contributed by atoms with van der Waals surface area (Å²) in [6.07, 6.45) is 0.583. The molecule has 88 valence electrons. The Kier molecular flexibility index (Phi) is 4.99. The van der Waals surface area contributed by atoms with Crippen LogP contribution in [-0.2, 0) is 22.5 Å². The number of hydrogen-bond donors (Lipinski definition) is 1. The molecule has 0 aliphatic heterocycles. The van der Waals surface area contributed by atoms with Crippen LogP contribution < -0.4 is 5.32 Å². The second kappa shape index (κ2) is 6.28. The zero-order chi connectivity index (χ0) is 12.0. The lowest BCUT2D eigenvalue weighted by atomic mass is 10.1. The highest BCUT2D eigenvalue weighted by Gasteiger charge is 2.10. The number of benzene rings is 1. The Balaban J connectivity index is 2.57. The summed E-state index contributed by atoms with van der Waals surface area (Å²) in [6.45, 7) is 4.41. The second-order valence-corrected chi connectivity index (χ2v) is 3.72. The maximum absolute atomic E-state index is 11.5. The molecule has 1 N–H and O–H groups in total. The van der Waals surface area contributed by atoms with Crippen molar-refractivity contribution in [1.29, 1.82) is 0 Å². The molecule has 1 amide bonds. The molecule has 1 rings (SSSR count). The van der Waals surface area contributed by atoms with E-state index >= 15 is 0 Å². The summed E-state index contributed by atoms with van der Waals surface area (Å²) in [4.78, 5) is 11.5. The van der Waals surface area contributed by atoms with E-state index in [2.05, 4.69) is 18.3 Å². The van der Waals surface area contributed by atoms with Crippen LogP contribution in [0.15, 0.2) is 24.3 Å². The molecule has 0 heterocycles. The summed E-state index contributed by atoms with van der Waals surface area (Å²) in [6, 6.07) is 8.13. The number of carbonyl (C=O) groups is 1. The third-order valence-electron chi connectivity index (χ3n) is 2.68. The molecule has 0 aliphatic carbocycles. The Morgan fingerprint density at radius 3 is 2.56 bits per heavy atom. The smallest absolute Gasteiger partial charge is 0.249 e. The first-order chi connectivity index (χ1) is 7.69. The zero-order valence-electron chi connectivity index (χ0n) is 10.1. The van der Waals surface area contributed by atoms with Crippen molar-refractivity contribution in [2.75, 3.05) is 7.11 Å². The Labute approximate surface area is 96.8 Å². The maximum atomic E-state index is 11.5. The molecule has 0 aromatic heterocycles.